The van der Waals surface area contributed by atoms with Crippen LogP contribution in [-0.4, -0.2) is 109 Å². The second-order valence-electron chi connectivity index (χ2n) is 10.1. The molecule has 4 aromatic heterocycles. The third kappa shape index (κ3) is 6.22. The fraction of sp³-hybridized carbons (Fsp3) is 0.524. The Balaban J connectivity index is 1.20. The van der Waals surface area contributed by atoms with E-state index in [-0.39, 0.29) is 40.5 Å². The van der Waals surface area contributed by atoms with Crippen molar-refractivity contribution in [1.82, 2.24) is 39.0 Å². The highest BCUT2D eigenvalue weighted by molar-refractivity contribution is 7.47. The minimum Gasteiger partial charge on any atom is -0.394 e. The van der Waals surface area contributed by atoms with Gasteiger partial charge < -0.3 is 45.7 Å². The van der Waals surface area contributed by atoms with E-state index in [9.17, 15) is 33.9 Å². The van der Waals surface area contributed by atoms with Crippen molar-refractivity contribution in [2.24, 2.45) is 0 Å². The van der Waals surface area contributed by atoms with Gasteiger partial charge in [-0.2, -0.15) is 4.98 Å². The molecule has 6 heterocycles. The van der Waals surface area contributed by atoms with Crippen LogP contribution >= 0.6 is 15.9 Å². The number of aliphatic hydroxyl groups excluding tert-OH is 2. The smallest absolute Gasteiger partial charge is 0.394 e. The largest absolute Gasteiger partial charge is 0.472 e. The van der Waals surface area contributed by atoms with E-state index in [1.165, 1.54) is 28.1 Å². The normalized spacial score (nSPS) is 29.0. The predicted octanol–water partition coefficient (Wildman–Crippen LogP) is -2.03. The van der Waals surface area contributed by atoms with E-state index in [4.69, 9.17) is 34.7 Å². The van der Waals surface area contributed by atoms with E-state index in [2.05, 4.69) is 29.9 Å². The van der Waals surface area contributed by atoms with Gasteiger partial charge in [0.25, 0.3) is 5.56 Å². The number of phosphoric acid groups is 1. The number of nitrogens with one attached hydrogen (secondary N) is 1. The van der Waals surface area contributed by atoms with Crippen LogP contribution in [-0.2, 0) is 32.4 Å². The van der Waals surface area contributed by atoms with E-state index < -0.39 is 83.9 Å². The van der Waals surface area contributed by atoms with E-state index in [0.29, 0.717) is 0 Å². The predicted molar refractivity (Wildman–Crippen MR) is 149 cm³/mol. The van der Waals surface area contributed by atoms with E-state index >= 15 is 0 Å². The molecule has 6 rings (SSSR count). The van der Waals surface area contributed by atoms with Crippen LogP contribution in [0.15, 0.2) is 23.8 Å². The standard InChI is InChI=1S/C21H28N10O12P2/c22-15-11-16(25-4-24-15)30(5-26-11)20-13(33)14(39-7-44(35)36)10(42-20)3-40-45(37,38)43-9-1-8(2-32)41-19(9)31-6-27-12-17(31)28-21(23)29-18(12)34/h4-6,8-10,13-14,19-20,32-33,44H,1-3,7H2,(H,35,36)(H,37,38)(H2,22,24,25)(H3,23,28,29,34)/t8-,9?,10+,13?,14?,19+,20+/m0/s1. The number of imidazole rings is 2. The van der Waals surface area contributed by atoms with Gasteiger partial charge in [-0.3, -0.25) is 32.5 Å². The Morgan fingerprint density at radius 3 is 2.58 bits per heavy atom. The van der Waals surface area contributed by atoms with Crippen molar-refractivity contribution in [2.45, 2.75) is 49.4 Å². The second-order valence-corrected chi connectivity index (χ2v) is 12.5. The lowest BCUT2D eigenvalue weighted by Gasteiger charge is -2.24. The number of rotatable bonds is 11. The second kappa shape index (κ2) is 12.4. The third-order valence-corrected chi connectivity index (χ3v) is 8.54. The van der Waals surface area contributed by atoms with Crippen molar-refractivity contribution in [3.05, 3.63) is 29.3 Å². The van der Waals surface area contributed by atoms with Crippen LogP contribution in [0.25, 0.3) is 22.3 Å². The topological polar surface area (TPSA) is 320 Å². The monoisotopic (exact) mass is 674 g/mol. The SMILES string of the molecule is Nc1nc2c(ncn2[C@@H]2O[C@H](CO)CC2OP(=O)(O)OC[C@H]2O[C@@H](n3cnc4c(N)ncnc43)C(O)C2OC[PH](=O)O)c(=O)[nH]1. The molecule has 244 valence electrons. The minimum absolute atomic E-state index is 0.00345. The first kappa shape index (κ1) is 31.6. The molecule has 4 aromatic rings. The highest BCUT2D eigenvalue weighted by Crippen LogP contribution is 2.50. The molecular formula is C21H28N10O12P2. The maximum atomic E-state index is 13.2. The van der Waals surface area contributed by atoms with Gasteiger partial charge in [0.1, 0.15) is 42.6 Å². The van der Waals surface area contributed by atoms with Crippen molar-refractivity contribution >= 4 is 49.9 Å². The molecule has 0 aromatic carbocycles. The molecule has 0 radical (unpaired) electrons. The number of H-pyrrole nitrogens is 1. The molecule has 2 fully saturated rings. The molecule has 9 atom stereocenters. The summed E-state index contributed by atoms with van der Waals surface area (Å²) in [6.45, 7) is -1.15. The Kier molecular flexibility index (Phi) is 8.71. The number of nitrogens with two attached hydrogens (primary N) is 2. The lowest BCUT2D eigenvalue weighted by atomic mass is 10.1. The van der Waals surface area contributed by atoms with E-state index in [1.54, 1.807) is 0 Å². The molecule has 2 aliphatic heterocycles. The number of nitrogens with zero attached hydrogens (tertiary/aromatic N) is 7. The molecule has 0 bridgehead atoms. The number of aliphatic hydroxyl groups is 2. The molecule has 22 nitrogen and oxygen atoms in total. The molecule has 2 aliphatic rings. The molecule has 0 amide bonds. The zero-order chi connectivity index (χ0) is 32.0. The van der Waals surface area contributed by atoms with Crippen LogP contribution in [0.1, 0.15) is 18.9 Å². The Morgan fingerprint density at radius 2 is 1.84 bits per heavy atom. The number of hydrogen-bond donors (Lipinski definition) is 7. The number of hydrogen-bond acceptors (Lipinski definition) is 17. The molecule has 9 N–H and O–H groups in total. The molecule has 24 heteroatoms. The van der Waals surface area contributed by atoms with Gasteiger partial charge in [-0.25, -0.2) is 24.5 Å². The number of aromatic nitrogens is 8. The van der Waals surface area contributed by atoms with Gasteiger partial charge in [0.05, 0.1) is 32.0 Å². The summed E-state index contributed by atoms with van der Waals surface area (Å²) in [5, 5.41) is 20.8. The first-order valence-electron chi connectivity index (χ1n) is 13.2. The summed E-state index contributed by atoms with van der Waals surface area (Å²) in [6, 6.07) is 0. The van der Waals surface area contributed by atoms with Crippen LogP contribution in [0.3, 0.4) is 0 Å². The molecule has 5 unspecified atom stereocenters. The minimum atomic E-state index is -4.95. The van der Waals surface area contributed by atoms with Crippen LogP contribution in [0.4, 0.5) is 11.8 Å². The number of anilines is 2. The van der Waals surface area contributed by atoms with Gasteiger partial charge in [-0.15, -0.1) is 0 Å². The quantitative estimate of drug-likeness (QED) is 0.0844. The van der Waals surface area contributed by atoms with Crippen molar-refractivity contribution in [1.29, 1.82) is 0 Å². The third-order valence-electron chi connectivity index (χ3n) is 7.11. The number of fused-ring (bicyclic) bond motifs is 2. The summed E-state index contributed by atoms with van der Waals surface area (Å²) in [4.78, 5) is 54.7. The van der Waals surface area contributed by atoms with Gasteiger partial charge in [0, 0.05) is 6.42 Å². The maximum Gasteiger partial charge on any atom is 0.472 e. The van der Waals surface area contributed by atoms with Gasteiger partial charge >= 0.3 is 7.82 Å². The fourth-order valence-corrected chi connectivity index (χ4v) is 6.45. The average Bonchev–Trinajstić information content (AvgIpc) is 3.75. The van der Waals surface area contributed by atoms with E-state index in [1.807, 2.05) is 0 Å². The van der Waals surface area contributed by atoms with Crippen molar-refractivity contribution < 1.29 is 52.4 Å². The van der Waals surface area contributed by atoms with Crippen LogP contribution in [0.2, 0.25) is 0 Å². The molecule has 0 spiro atoms. The summed E-state index contributed by atoms with van der Waals surface area (Å²) in [5.41, 5.74) is 11.2. The molecule has 0 saturated carbocycles. The summed E-state index contributed by atoms with van der Waals surface area (Å²) < 4.78 is 54.9. The van der Waals surface area contributed by atoms with Crippen LogP contribution in [0, 0.1) is 0 Å². The highest BCUT2D eigenvalue weighted by atomic mass is 31.2. The number of ether oxygens (including phenoxy) is 3. The Labute approximate surface area is 251 Å². The van der Waals surface area contributed by atoms with Crippen LogP contribution in [0.5, 0.6) is 0 Å². The first-order valence-corrected chi connectivity index (χ1v) is 16.3. The Morgan fingerprint density at radius 1 is 1.11 bits per heavy atom. The van der Waals surface area contributed by atoms with Crippen molar-refractivity contribution in [3.63, 3.8) is 0 Å². The molecule has 45 heavy (non-hydrogen) atoms. The zero-order valence-corrected chi connectivity index (χ0v) is 24.8. The van der Waals surface area contributed by atoms with Crippen molar-refractivity contribution in [2.75, 3.05) is 31.0 Å². The number of aromatic amines is 1. The molecule has 2 saturated heterocycles. The fourth-order valence-electron chi connectivity index (χ4n) is 5.18. The molecular weight excluding hydrogens is 646 g/mol. The molecule has 0 aliphatic carbocycles. The summed E-state index contributed by atoms with van der Waals surface area (Å²) in [6.07, 6.45) is -5.53. The Bertz CT molecular complexity index is 1840. The Hall–Kier alpha value is -3.40. The average molecular weight is 674 g/mol. The lowest BCUT2D eigenvalue weighted by molar-refractivity contribution is -0.0647. The lowest BCUT2D eigenvalue weighted by Crippen LogP contribution is -2.36. The zero-order valence-electron chi connectivity index (χ0n) is 22.9. The van der Waals surface area contributed by atoms with Crippen LogP contribution < -0.4 is 17.0 Å². The number of phosphoric ester groups is 1. The van der Waals surface area contributed by atoms with Gasteiger partial charge in [0.15, 0.2) is 35.1 Å². The summed E-state index contributed by atoms with van der Waals surface area (Å²) >= 11 is 0. The summed E-state index contributed by atoms with van der Waals surface area (Å²) in [5.74, 6) is -0.136. The highest BCUT2D eigenvalue weighted by Gasteiger charge is 2.48. The number of nitrogen functional groups attached to an aromatic ring is 2. The first-order chi connectivity index (χ1) is 21.5. The van der Waals surface area contributed by atoms with Gasteiger partial charge in [-0.1, -0.05) is 0 Å². The van der Waals surface area contributed by atoms with E-state index in [0.717, 1.165) is 0 Å². The summed E-state index contributed by atoms with van der Waals surface area (Å²) in [7, 11) is -8.08. The van der Waals surface area contributed by atoms with Gasteiger partial charge in [-0.05, 0) is 0 Å². The van der Waals surface area contributed by atoms with Gasteiger partial charge in [0.2, 0.25) is 14.0 Å². The maximum absolute atomic E-state index is 13.2. The van der Waals surface area contributed by atoms with Crippen molar-refractivity contribution in [3.8, 4) is 0 Å².